The predicted octanol–water partition coefficient (Wildman–Crippen LogP) is 1.16. The third-order valence-electron chi connectivity index (χ3n) is 5.68. The van der Waals surface area contributed by atoms with E-state index in [4.69, 9.17) is 10.8 Å². The number of hydrazine groups is 1. The van der Waals surface area contributed by atoms with Crippen molar-refractivity contribution in [1.29, 1.82) is 0 Å². The number of piperidine rings is 1. The van der Waals surface area contributed by atoms with Crippen LogP contribution in [-0.2, 0) is 0 Å². The molecule has 27 heavy (non-hydrogen) atoms. The largest absolute Gasteiger partial charge is 0.355 e. The first-order valence-electron chi connectivity index (χ1n) is 9.57. The summed E-state index contributed by atoms with van der Waals surface area (Å²) in [7, 11) is 0. The molecule has 0 bridgehead atoms. The Hall–Kier alpha value is -2.55. The van der Waals surface area contributed by atoms with Crippen LogP contribution in [0.1, 0.15) is 19.3 Å². The molecule has 0 amide bonds. The summed E-state index contributed by atoms with van der Waals surface area (Å²) < 4.78 is 1.85. The van der Waals surface area contributed by atoms with Crippen LogP contribution in [0.25, 0.3) is 17.0 Å². The lowest BCUT2D eigenvalue weighted by Gasteiger charge is -2.35. The van der Waals surface area contributed by atoms with Gasteiger partial charge in [0.05, 0.1) is 6.17 Å². The van der Waals surface area contributed by atoms with Crippen LogP contribution in [0, 0.1) is 5.92 Å². The Labute approximate surface area is 157 Å². The normalized spacial score (nSPS) is 24.0. The summed E-state index contributed by atoms with van der Waals surface area (Å²) in [6.07, 6.45) is 3.34. The van der Waals surface area contributed by atoms with Crippen molar-refractivity contribution in [2.75, 3.05) is 18.0 Å². The van der Waals surface area contributed by atoms with Crippen LogP contribution < -0.4 is 21.5 Å². The van der Waals surface area contributed by atoms with Crippen molar-refractivity contribution < 1.29 is 0 Å². The van der Waals surface area contributed by atoms with Gasteiger partial charge in [0.25, 0.3) is 0 Å². The van der Waals surface area contributed by atoms with E-state index in [1.54, 1.807) is 0 Å². The predicted molar refractivity (Wildman–Crippen MR) is 104 cm³/mol. The average Bonchev–Trinajstić information content (AvgIpc) is 3.34. The molecule has 5 rings (SSSR count). The molecule has 140 valence electrons. The molecule has 2 unspecified atom stereocenters. The summed E-state index contributed by atoms with van der Waals surface area (Å²) in [5.74, 6) is 2.41. The zero-order valence-electron chi connectivity index (χ0n) is 15.1. The number of benzene rings is 1. The van der Waals surface area contributed by atoms with Gasteiger partial charge in [0.2, 0.25) is 0 Å². The highest BCUT2D eigenvalue weighted by Crippen LogP contribution is 2.27. The zero-order valence-corrected chi connectivity index (χ0v) is 15.1. The molecule has 2 aromatic heterocycles. The van der Waals surface area contributed by atoms with Gasteiger partial charge in [-0.25, -0.2) is 5.43 Å². The van der Waals surface area contributed by atoms with Gasteiger partial charge in [-0.05, 0) is 37.3 Å². The van der Waals surface area contributed by atoms with Gasteiger partial charge in [-0.1, -0.05) is 30.3 Å². The summed E-state index contributed by atoms with van der Waals surface area (Å²) in [4.78, 5) is 2.35. The van der Waals surface area contributed by atoms with Gasteiger partial charge in [-0.3, -0.25) is 5.43 Å². The van der Waals surface area contributed by atoms with Gasteiger partial charge in [-0.15, -0.1) is 15.3 Å². The quantitative estimate of drug-likeness (QED) is 0.642. The number of hydrogen-bond donors (Lipinski definition) is 3. The van der Waals surface area contributed by atoms with Crippen molar-refractivity contribution in [2.24, 2.45) is 11.7 Å². The molecule has 2 aliphatic heterocycles. The van der Waals surface area contributed by atoms with Crippen molar-refractivity contribution in [1.82, 2.24) is 30.7 Å². The Bertz CT molecular complexity index is 916. The number of nitrogens with two attached hydrogens (primary N) is 1. The molecule has 0 spiro atoms. The van der Waals surface area contributed by atoms with Gasteiger partial charge < -0.3 is 10.6 Å². The Balaban J connectivity index is 1.35. The minimum atomic E-state index is 0.0715. The summed E-state index contributed by atoms with van der Waals surface area (Å²) in [6, 6.07) is 14.6. The van der Waals surface area contributed by atoms with Crippen LogP contribution in [-0.4, -0.2) is 45.1 Å². The molecule has 2 aliphatic rings. The topological polar surface area (TPSA) is 96.4 Å². The molecule has 2 fully saturated rings. The molecule has 2 saturated heterocycles. The Morgan fingerprint density at radius 3 is 2.52 bits per heavy atom. The third kappa shape index (κ3) is 3.16. The van der Waals surface area contributed by atoms with Crippen LogP contribution in [0.15, 0.2) is 42.5 Å². The molecule has 1 aromatic carbocycles. The van der Waals surface area contributed by atoms with E-state index in [1.165, 1.54) is 0 Å². The Morgan fingerprint density at radius 2 is 1.78 bits per heavy atom. The fraction of sp³-hybridized carbons (Fsp3) is 0.421. The highest BCUT2D eigenvalue weighted by molar-refractivity contribution is 5.59. The van der Waals surface area contributed by atoms with Gasteiger partial charge in [-0.2, -0.15) is 4.52 Å². The van der Waals surface area contributed by atoms with Gasteiger partial charge in [0.15, 0.2) is 11.5 Å². The second-order valence-electron chi connectivity index (χ2n) is 7.41. The number of hydrogen-bond acceptors (Lipinski definition) is 7. The fourth-order valence-corrected chi connectivity index (χ4v) is 4.16. The summed E-state index contributed by atoms with van der Waals surface area (Å²) >= 11 is 0. The third-order valence-corrected chi connectivity index (χ3v) is 5.68. The van der Waals surface area contributed by atoms with Crippen molar-refractivity contribution in [2.45, 2.75) is 31.5 Å². The lowest BCUT2D eigenvalue weighted by Crippen LogP contribution is -2.43. The highest BCUT2D eigenvalue weighted by atomic mass is 15.4. The van der Waals surface area contributed by atoms with E-state index in [0.29, 0.717) is 12.0 Å². The SMILES string of the molecule is NC1CC(C2CCN(c3ccc4nnc(-c5ccccc5)n4n3)CC2)NN1. The van der Waals surface area contributed by atoms with Crippen LogP contribution in [0.5, 0.6) is 0 Å². The molecular weight excluding hydrogens is 340 g/mol. The standard InChI is InChI=1S/C19H24N8/c20-16-12-15(21-22-16)13-8-10-26(11-9-13)18-7-6-17-23-24-19(27(17)25-18)14-4-2-1-3-5-14/h1-7,13,15-16,21-22H,8-12,20H2. The molecular formula is C19H24N8. The van der Waals surface area contributed by atoms with E-state index in [2.05, 4.69) is 25.9 Å². The van der Waals surface area contributed by atoms with E-state index in [9.17, 15) is 0 Å². The molecule has 0 radical (unpaired) electrons. The van der Waals surface area contributed by atoms with Crippen molar-refractivity contribution in [3.05, 3.63) is 42.5 Å². The van der Waals surface area contributed by atoms with Crippen molar-refractivity contribution in [3.63, 3.8) is 0 Å². The summed E-state index contributed by atoms with van der Waals surface area (Å²) in [5, 5.41) is 13.4. The number of anilines is 1. The smallest absolute Gasteiger partial charge is 0.185 e. The molecule has 0 saturated carbocycles. The highest BCUT2D eigenvalue weighted by Gasteiger charge is 2.31. The molecule has 8 nitrogen and oxygen atoms in total. The Kier molecular flexibility index (Phi) is 4.23. The number of rotatable bonds is 3. The monoisotopic (exact) mass is 364 g/mol. The first-order valence-corrected chi connectivity index (χ1v) is 9.57. The van der Waals surface area contributed by atoms with Crippen LogP contribution in [0.4, 0.5) is 5.82 Å². The van der Waals surface area contributed by atoms with Gasteiger partial charge in [0.1, 0.15) is 5.82 Å². The van der Waals surface area contributed by atoms with Crippen molar-refractivity contribution in [3.8, 4) is 11.4 Å². The summed E-state index contributed by atoms with van der Waals surface area (Å²) in [5.41, 5.74) is 14.2. The minimum absolute atomic E-state index is 0.0715. The lowest BCUT2D eigenvalue weighted by molar-refractivity contribution is 0.310. The van der Waals surface area contributed by atoms with Crippen LogP contribution >= 0.6 is 0 Å². The average molecular weight is 364 g/mol. The maximum Gasteiger partial charge on any atom is 0.185 e. The van der Waals surface area contributed by atoms with E-state index in [1.807, 2.05) is 47.0 Å². The van der Waals surface area contributed by atoms with Gasteiger partial charge in [0, 0.05) is 24.7 Å². The maximum absolute atomic E-state index is 5.95. The number of nitrogens with one attached hydrogen (secondary N) is 2. The zero-order chi connectivity index (χ0) is 18.2. The Morgan fingerprint density at radius 1 is 0.963 bits per heavy atom. The lowest BCUT2D eigenvalue weighted by atomic mass is 9.88. The number of nitrogens with zero attached hydrogens (tertiary/aromatic N) is 5. The van der Waals surface area contributed by atoms with Crippen molar-refractivity contribution >= 4 is 11.5 Å². The van der Waals surface area contributed by atoms with E-state index < -0.39 is 0 Å². The van der Waals surface area contributed by atoms with Gasteiger partial charge >= 0.3 is 0 Å². The fourth-order valence-electron chi connectivity index (χ4n) is 4.16. The first kappa shape index (κ1) is 16.6. The second kappa shape index (κ2) is 6.88. The van der Waals surface area contributed by atoms with E-state index >= 15 is 0 Å². The molecule has 2 atom stereocenters. The number of fused-ring (bicyclic) bond motifs is 1. The van der Waals surface area contributed by atoms with Crippen LogP contribution in [0.2, 0.25) is 0 Å². The maximum atomic E-state index is 5.95. The minimum Gasteiger partial charge on any atom is -0.355 e. The molecule has 4 heterocycles. The molecule has 0 aliphatic carbocycles. The van der Waals surface area contributed by atoms with E-state index in [0.717, 1.165) is 55.2 Å². The van der Waals surface area contributed by atoms with Crippen LogP contribution in [0.3, 0.4) is 0 Å². The molecule has 3 aromatic rings. The molecule has 4 N–H and O–H groups in total. The second-order valence-corrected chi connectivity index (χ2v) is 7.41. The summed E-state index contributed by atoms with van der Waals surface area (Å²) in [6.45, 7) is 2.00. The number of aromatic nitrogens is 4. The van der Waals surface area contributed by atoms with E-state index in [-0.39, 0.29) is 6.17 Å². The molecule has 8 heteroatoms. The first-order chi connectivity index (χ1) is 13.3.